The standard InChI is InChI=1S/C21H24N4O4S/c1-29-14-6-4-13(5-7-14)25-18-15(9-16(26)19(27)17(18)24-21(25)30)20(28)23-11-12-3-2-8-22-10-12/h2-8,10,15-19,26-27H,9,11H2,1H3,(H,23,28)(H,24,30)/t15-,16-,17-,18-,19+/m1/s1. The average Bonchev–Trinajstić information content (AvgIpc) is 3.12. The van der Waals surface area contributed by atoms with Crippen molar-refractivity contribution in [3.05, 3.63) is 54.4 Å². The number of carbonyl (C=O) groups excluding carboxylic acids is 1. The number of amides is 1. The van der Waals surface area contributed by atoms with Crippen molar-refractivity contribution in [1.82, 2.24) is 15.6 Å². The number of hydrogen-bond acceptors (Lipinski definition) is 6. The monoisotopic (exact) mass is 428 g/mol. The van der Waals surface area contributed by atoms with E-state index in [1.807, 2.05) is 41.3 Å². The van der Waals surface area contributed by atoms with Crippen LogP contribution in [0.25, 0.3) is 0 Å². The summed E-state index contributed by atoms with van der Waals surface area (Å²) in [7, 11) is 1.59. The molecule has 2 aromatic rings. The molecule has 5 atom stereocenters. The molecule has 1 saturated heterocycles. The number of fused-ring (bicyclic) bond motifs is 1. The van der Waals surface area contributed by atoms with Gasteiger partial charge in [-0.05, 0) is 54.5 Å². The molecule has 1 saturated carbocycles. The zero-order valence-electron chi connectivity index (χ0n) is 16.4. The maximum atomic E-state index is 13.1. The highest BCUT2D eigenvalue weighted by Gasteiger charge is 2.53. The number of aliphatic hydroxyl groups is 2. The number of thiocarbonyl (C=S) groups is 1. The molecule has 0 unspecified atom stereocenters. The molecule has 1 aromatic heterocycles. The number of carbonyl (C=O) groups is 1. The molecule has 0 radical (unpaired) electrons. The lowest BCUT2D eigenvalue weighted by molar-refractivity contribution is -0.131. The largest absolute Gasteiger partial charge is 0.497 e. The molecule has 158 valence electrons. The zero-order chi connectivity index (χ0) is 21.3. The molecule has 2 aliphatic rings. The molecule has 1 amide bonds. The van der Waals surface area contributed by atoms with Crippen LogP contribution in [0.3, 0.4) is 0 Å². The van der Waals surface area contributed by atoms with Crippen molar-refractivity contribution in [3.63, 3.8) is 0 Å². The van der Waals surface area contributed by atoms with E-state index in [1.165, 1.54) is 0 Å². The highest BCUT2D eigenvalue weighted by molar-refractivity contribution is 7.80. The van der Waals surface area contributed by atoms with Crippen molar-refractivity contribution in [1.29, 1.82) is 0 Å². The summed E-state index contributed by atoms with van der Waals surface area (Å²) in [5.74, 6) is -0.0665. The lowest BCUT2D eigenvalue weighted by atomic mass is 9.77. The Morgan fingerprint density at radius 2 is 2.10 bits per heavy atom. The fourth-order valence-corrected chi connectivity index (χ4v) is 4.57. The first-order valence-electron chi connectivity index (χ1n) is 9.76. The highest BCUT2D eigenvalue weighted by atomic mass is 32.1. The molecule has 1 aromatic carbocycles. The Kier molecular flexibility index (Phi) is 5.85. The van der Waals surface area contributed by atoms with Crippen LogP contribution >= 0.6 is 12.2 Å². The Labute approximate surface area is 179 Å². The van der Waals surface area contributed by atoms with Gasteiger partial charge in [-0.2, -0.15) is 0 Å². The second-order valence-electron chi connectivity index (χ2n) is 7.51. The minimum atomic E-state index is -1.03. The summed E-state index contributed by atoms with van der Waals surface area (Å²) < 4.78 is 5.22. The van der Waals surface area contributed by atoms with E-state index in [2.05, 4.69) is 15.6 Å². The minimum absolute atomic E-state index is 0.137. The number of methoxy groups -OCH3 is 1. The molecular weight excluding hydrogens is 404 g/mol. The third-order valence-electron chi connectivity index (χ3n) is 5.72. The van der Waals surface area contributed by atoms with Gasteiger partial charge in [0, 0.05) is 24.6 Å². The fourth-order valence-electron chi connectivity index (χ4n) is 4.21. The number of benzene rings is 1. The molecule has 4 N–H and O–H groups in total. The predicted octanol–water partition coefficient (Wildman–Crippen LogP) is 0.580. The number of pyridine rings is 1. The van der Waals surface area contributed by atoms with Gasteiger partial charge >= 0.3 is 0 Å². The molecule has 1 aliphatic heterocycles. The van der Waals surface area contributed by atoms with Crippen LogP contribution in [-0.4, -0.2) is 57.6 Å². The quantitative estimate of drug-likeness (QED) is 0.513. The summed E-state index contributed by atoms with van der Waals surface area (Å²) in [6.07, 6.45) is 1.45. The molecule has 0 spiro atoms. The van der Waals surface area contributed by atoms with Gasteiger partial charge in [0.1, 0.15) is 11.9 Å². The second-order valence-corrected chi connectivity index (χ2v) is 7.90. The fraction of sp³-hybridized carbons (Fsp3) is 0.381. The number of hydrogen-bond donors (Lipinski definition) is 4. The van der Waals surface area contributed by atoms with Crippen LogP contribution < -0.4 is 20.3 Å². The lowest BCUT2D eigenvalue weighted by Crippen LogP contribution is -2.60. The van der Waals surface area contributed by atoms with Crippen molar-refractivity contribution in [2.45, 2.75) is 37.3 Å². The first-order chi connectivity index (χ1) is 14.5. The number of rotatable bonds is 5. The van der Waals surface area contributed by atoms with Crippen LogP contribution in [-0.2, 0) is 11.3 Å². The number of ether oxygens (including phenoxy) is 1. The number of nitrogens with zero attached hydrogens (tertiary/aromatic N) is 2. The summed E-state index contributed by atoms with van der Waals surface area (Å²) in [5.41, 5.74) is 1.67. The van der Waals surface area contributed by atoms with E-state index in [0.29, 0.717) is 17.4 Å². The van der Waals surface area contributed by atoms with Crippen LogP contribution in [0.5, 0.6) is 5.75 Å². The summed E-state index contributed by atoms with van der Waals surface area (Å²) in [6, 6.07) is 10.0. The van der Waals surface area contributed by atoms with E-state index >= 15 is 0 Å². The van der Waals surface area contributed by atoms with Gasteiger partial charge in [0.15, 0.2) is 5.11 Å². The minimum Gasteiger partial charge on any atom is -0.497 e. The van der Waals surface area contributed by atoms with Gasteiger partial charge in [-0.25, -0.2) is 0 Å². The molecule has 9 heteroatoms. The molecular formula is C21H24N4O4S. The first kappa shape index (κ1) is 20.5. The van der Waals surface area contributed by atoms with Crippen LogP contribution in [0.4, 0.5) is 5.69 Å². The van der Waals surface area contributed by atoms with E-state index in [9.17, 15) is 15.0 Å². The van der Waals surface area contributed by atoms with Crippen molar-refractivity contribution in [2.24, 2.45) is 5.92 Å². The van der Waals surface area contributed by atoms with Crippen LogP contribution in [0.15, 0.2) is 48.8 Å². The summed E-state index contributed by atoms with van der Waals surface area (Å²) in [6.45, 7) is 0.333. The van der Waals surface area contributed by atoms with Gasteiger partial charge in [-0.15, -0.1) is 0 Å². The third-order valence-corrected chi connectivity index (χ3v) is 6.04. The van der Waals surface area contributed by atoms with Crippen molar-refractivity contribution in [2.75, 3.05) is 12.0 Å². The van der Waals surface area contributed by atoms with Gasteiger partial charge in [0.25, 0.3) is 0 Å². The molecule has 1 aliphatic carbocycles. The molecule has 30 heavy (non-hydrogen) atoms. The lowest BCUT2D eigenvalue weighted by Gasteiger charge is -2.41. The topological polar surface area (TPSA) is 107 Å². The van der Waals surface area contributed by atoms with Gasteiger partial charge < -0.3 is 30.5 Å². The van der Waals surface area contributed by atoms with Crippen molar-refractivity contribution >= 4 is 28.9 Å². The highest BCUT2D eigenvalue weighted by Crippen LogP contribution is 2.37. The Morgan fingerprint density at radius 1 is 1.33 bits per heavy atom. The van der Waals surface area contributed by atoms with E-state index in [1.54, 1.807) is 19.5 Å². The average molecular weight is 429 g/mol. The molecule has 2 fully saturated rings. The third kappa shape index (κ3) is 3.83. The Bertz CT molecular complexity index is 911. The predicted molar refractivity (Wildman–Crippen MR) is 115 cm³/mol. The second kappa shape index (κ2) is 8.55. The van der Waals surface area contributed by atoms with Gasteiger partial charge in [0.05, 0.1) is 31.2 Å². The van der Waals surface area contributed by atoms with Crippen LogP contribution in [0.2, 0.25) is 0 Å². The Morgan fingerprint density at radius 3 is 2.77 bits per heavy atom. The number of aliphatic hydroxyl groups excluding tert-OH is 2. The maximum Gasteiger partial charge on any atom is 0.225 e. The van der Waals surface area contributed by atoms with E-state index in [4.69, 9.17) is 17.0 Å². The number of anilines is 1. The normalized spacial score (nSPS) is 27.9. The summed E-state index contributed by atoms with van der Waals surface area (Å²) in [5, 5.41) is 27.4. The SMILES string of the molecule is COc1ccc(N2C(=S)N[C@H]3[C@@H](O)[C@H](O)C[C@@H](C(=O)NCc4cccnc4)[C@H]32)cc1. The smallest absolute Gasteiger partial charge is 0.225 e. The van der Waals surface area contributed by atoms with E-state index < -0.39 is 30.2 Å². The summed E-state index contributed by atoms with van der Waals surface area (Å²) in [4.78, 5) is 19.0. The molecule has 0 bridgehead atoms. The Balaban J connectivity index is 1.59. The zero-order valence-corrected chi connectivity index (χ0v) is 17.2. The van der Waals surface area contributed by atoms with E-state index in [-0.39, 0.29) is 12.3 Å². The van der Waals surface area contributed by atoms with Crippen LogP contribution in [0, 0.1) is 5.92 Å². The van der Waals surface area contributed by atoms with Crippen molar-refractivity contribution < 1.29 is 19.7 Å². The molecule has 8 nitrogen and oxygen atoms in total. The molecule has 4 rings (SSSR count). The number of nitrogens with one attached hydrogen (secondary N) is 2. The van der Waals surface area contributed by atoms with Gasteiger partial charge in [-0.3, -0.25) is 9.78 Å². The van der Waals surface area contributed by atoms with Crippen LogP contribution in [0.1, 0.15) is 12.0 Å². The number of aromatic nitrogens is 1. The summed E-state index contributed by atoms with van der Waals surface area (Å²) >= 11 is 5.52. The van der Waals surface area contributed by atoms with Gasteiger partial charge in [-0.1, -0.05) is 6.07 Å². The van der Waals surface area contributed by atoms with E-state index in [0.717, 1.165) is 11.3 Å². The van der Waals surface area contributed by atoms with Crippen molar-refractivity contribution in [3.8, 4) is 5.75 Å². The van der Waals surface area contributed by atoms with Gasteiger partial charge in [0.2, 0.25) is 5.91 Å². The first-order valence-corrected chi connectivity index (χ1v) is 10.2. The molecule has 2 heterocycles. The maximum absolute atomic E-state index is 13.1. The Hall–Kier alpha value is -2.75.